The molecule has 0 aliphatic rings. The Kier molecular flexibility index (Phi) is 2.73. The quantitative estimate of drug-likeness (QED) is 0.845. The van der Waals surface area contributed by atoms with Crippen LogP contribution in [-0.4, -0.2) is 16.7 Å². The maximum atomic E-state index is 8.74. The van der Waals surface area contributed by atoms with Crippen LogP contribution in [0.3, 0.4) is 0 Å². The van der Waals surface area contributed by atoms with E-state index in [4.69, 9.17) is 5.11 Å². The van der Waals surface area contributed by atoms with Crippen LogP contribution in [0.5, 0.6) is 0 Å². The van der Waals surface area contributed by atoms with Gasteiger partial charge in [0.2, 0.25) is 0 Å². The minimum absolute atomic E-state index is 0.200. The van der Waals surface area contributed by atoms with Gasteiger partial charge < -0.3 is 5.11 Å². The van der Waals surface area contributed by atoms with Crippen molar-refractivity contribution in [1.29, 1.82) is 0 Å². The lowest BCUT2D eigenvalue weighted by Gasteiger charge is -1.87. The monoisotopic (exact) mass is 211 g/mol. The Morgan fingerprint density at radius 3 is 3.08 bits per heavy atom. The molecule has 0 spiro atoms. The van der Waals surface area contributed by atoms with Gasteiger partial charge in [0.25, 0.3) is 0 Å². The second kappa shape index (κ2) is 4.00. The molecule has 0 aliphatic carbocycles. The van der Waals surface area contributed by atoms with E-state index in [1.54, 1.807) is 22.7 Å². The van der Waals surface area contributed by atoms with Crippen molar-refractivity contribution in [3.63, 3.8) is 0 Å². The molecule has 2 nitrogen and oxygen atoms in total. The molecular weight excluding hydrogens is 202 g/mol. The first kappa shape index (κ1) is 8.87. The van der Waals surface area contributed by atoms with Gasteiger partial charge in [0.05, 0.1) is 4.88 Å². The van der Waals surface area contributed by atoms with Crippen molar-refractivity contribution >= 4 is 22.7 Å². The Labute approximate surface area is 84.5 Å². The summed E-state index contributed by atoms with van der Waals surface area (Å²) in [6.07, 6.45) is 2.55. The van der Waals surface area contributed by atoms with Gasteiger partial charge in [0.15, 0.2) is 0 Å². The van der Waals surface area contributed by atoms with Crippen molar-refractivity contribution in [2.24, 2.45) is 0 Å². The number of hydrogen-bond acceptors (Lipinski definition) is 4. The lowest BCUT2D eigenvalue weighted by molar-refractivity contribution is 0.300. The lowest BCUT2D eigenvalue weighted by Crippen LogP contribution is -1.84. The molecule has 2 aromatic heterocycles. The van der Waals surface area contributed by atoms with Crippen LogP contribution < -0.4 is 0 Å². The number of rotatable bonds is 3. The largest absolute Gasteiger partial charge is 0.396 e. The minimum atomic E-state index is 0.200. The van der Waals surface area contributed by atoms with Gasteiger partial charge in [-0.05, 0) is 11.4 Å². The molecule has 2 rings (SSSR count). The fourth-order valence-corrected chi connectivity index (χ4v) is 2.75. The van der Waals surface area contributed by atoms with Crippen LogP contribution in [-0.2, 0) is 6.42 Å². The van der Waals surface area contributed by atoms with Crippen molar-refractivity contribution in [3.8, 4) is 9.88 Å². The molecule has 68 valence electrons. The predicted molar refractivity (Wildman–Crippen MR) is 56.2 cm³/mol. The molecule has 0 saturated heterocycles. The Hall–Kier alpha value is -0.710. The second-order valence-electron chi connectivity index (χ2n) is 2.58. The van der Waals surface area contributed by atoms with Gasteiger partial charge >= 0.3 is 0 Å². The van der Waals surface area contributed by atoms with Crippen molar-refractivity contribution in [1.82, 2.24) is 4.98 Å². The molecule has 0 aliphatic heterocycles. The molecule has 2 heterocycles. The predicted octanol–water partition coefficient (Wildman–Crippen LogP) is 2.41. The molecule has 0 amide bonds. The zero-order chi connectivity index (χ0) is 9.10. The average molecular weight is 211 g/mol. The zero-order valence-corrected chi connectivity index (χ0v) is 8.57. The Balaban J connectivity index is 2.23. The minimum Gasteiger partial charge on any atom is -0.396 e. The van der Waals surface area contributed by atoms with Crippen LogP contribution in [0.4, 0.5) is 0 Å². The van der Waals surface area contributed by atoms with E-state index in [0.29, 0.717) is 6.42 Å². The molecule has 0 unspecified atom stereocenters. The first-order chi connectivity index (χ1) is 6.40. The average Bonchev–Trinajstić information content (AvgIpc) is 2.70. The number of hydrogen-bond donors (Lipinski definition) is 1. The lowest BCUT2D eigenvalue weighted by atomic mass is 10.4. The fourth-order valence-electron chi connectivity index (χ4n) is 1.05. The summed E-state index contributed by atoms with van der Waals surface area (Å²) < 4.78 is 0. The highest BCUT2D eigenvalue weighted by atomic mass is 32.1. The van der Waals surface area contributed by atoms with Crippen LogP contribution in [0.15, 0.2) is 23.7 Å². The molecule has 0 fully saturated rings. The molecular formula is C9H9NOS2. The number of aliphatic hydroxyl groups excluding tert-OH is 1. The molecule has 13 heavy (non-hydrogen) atoms. The summed E-state index contributed by atoms with van der Waals surface area (Å²) in [4.78, 5) is 6.64. The van der Waals surface area contributed by atoms with Gasteiger partial charge in [-0.3, -0.25) is 0 Å². The highest BCUT2D eigenvalue weighted by Gasteiger charge is 2.04. The first-order valence-electron chi connectivity index (χ1n) is 3.99. The number of thiophene rings is 1. The SMILES string of the molecule is OCCc1cnc(-c2cccs2)s1. The molecule has 1 N–H and O–H groups in total. The van der Waals surface area contributed by atoms with Crippen LogP contribution in [0, 0.1) is 0 Å². The third kappa shape index (κ3) is 1.96. The molecule has 0 bridgehead atoms. The van der Waals surface area contributed by atoms with Crippen molar-refractivity contribution in [2.75, 3.05) is 6.61 Å². The normalized spacial score (nSPS) is 10.5. The molecule has 0 radical (unpaired) electrons. The van der Waals surface area contributed by atoms with E-state index in [9.17, 15) is 0 Å². The van der Waals surface area contributed by atoms with E-state index in [1.807, 2.05) is 17.6 Å². The van der Waals surface area contributed by atoms with Gasteiger partial charge in [-0.2, -0.15) is 0 Å². The van der Waals surface area contributed by atoms with E-state index >= 15 is 0 Å². The number of thiazole rings is 1. The van der Waals surface area contributed by atoms with Gasteiger partial charge in [-0.1, -0.05) is 6.07 Å². The summed E-state index contributed by atoms with van der Waals surface area (Å²) in [5.41, 5.74) is 0. The highest BCUT2D eigenvalue weighted by molar-refractivity contribution is 7.20. The summed E-state index contributed by atoms with van der Waals surface area (Å²) in [7, 11) is 0. The van der Waals surface area contributed by atoms with Crippen molar-refractivity contribution in [3.05, 3.63) is 28.6 Å². The smallest absolute Gasteiger partial charge is 0.133 e. The van der Waals surface area contributed by atoms with Gasteiger partial charge in [-0.15, -0.1) is 22.7 Å². The molecule has 0 atom stereocenters. The Morgan fingerprint density at radius 2 is 2.38 bits per heavy atom. The number of aliphatic hydroxyl groups is 1. The summed E-state index contributed by atoms with van der Waals surface area (Å²) in [5.74, 6) is 0. The molecule has 0 aromatic carbocycles. The summed E-state index contributed by atoms with van der Waals surface area (Å²) in [6, 6.07) is 4.08. The van der Waals surface area contributed by atoms with Gasteiger partial charge in [-0.25, -0.2) is 4.98 Å². The van der Waals surface area contributed by atoms with E-state index < -0.39 is 0 Å². The zero-order valence-electron chi connectivity index (χ0n) is 6.93. The van der Waals surface area contributed by atoms with E-state index in [-0.39, 0.29) is 6.61 Å². The number of nitrogens with zero attached hydrogens (tertiary/aromatic N) is 1. The second-order valence-corrected chi connectivity index (χ2v) is 4.65. The highest BCUT2D eigenvalue weighted by Crippen LogP contribution is 2.28. The van der Waals surface area contributed by atoms with Crippen LogP contribution in [0.25, 0.3) is 9.88 Å². The maximum Gasteiger partial charge on any atom is 0.133 e. The summed E-state index contributed by atoms with van der Waals surface area (Å²) in [6.45, 7) is 0.200. The Bertz CT molecular complexity index is 367. The van der Waals surface area contributed by atoms with Crippen molar-refractivity contribution < 1.29 is 5.11 Å². The van der Waals surface area contributed by atoms with E-state index in [2.05, 4.69) is 11.1 Å². The molecule has 2 aromatic rings. The third-order valence-electron chi connectivity index (χ3n) is 1.64. The third-order valence-corrected chi connectivity index (χ3v) is 3.74. The van der Waals surface area contributed by atoms with Gasteiger partial charge in [0.1, 0.15) is 5.01 Å². The van der Waals surface area contributed by atoms with Crippen LogP contribution in [0.1, 0.15) is 4.88 Å². The summed E-state index contributed by atoms with van der Waals surface area (Å²) >= 11 is 3.35. The van der Waals surface area contributed by atoms with Crippen LogP contribution >= 0.6 is 22.7 Å². The summed E-state index contributed by atoms with van der Waals surface area (Å²) in [5, 5.41) is 11.8. The van der Waals surface area contributed by atoms with Crippen molar-refractivity contribution in [2.45, 2.75) is 6.42 Å². The molecule has 0 saturated carbocycles. The fraction of sp³-hybridized carbons (Fsp3) is 0.222. The van der Waals surface area contributed by atoms with E-state index in [1.165, 1.54) is 4.88 Å². The van der Waals surface area contributed by atoms with Crippen LogP contribution in [0.2, 0.25) is 0 Å². The number of aromatic nitrogens is 1. The molecule has 4 heteroatoms. The maximum absolute atomic E-state index is 8.74. The van der Waals surface area contributed by atoms with Gasteiger partial charge in [0, 0.05) is 24.1 Å². The standard InChI is InChI=1S/C9H9NOS2/c11-4-3-7-6-10-9(13-7)8-2-1-5-12-8/h1-2,5-6,11H,3-4H2. The Morgan fingerprint density at radius 1 is 1.46 bits per heavy atom. The topological polar surface area (TPSA) is 33.1 Å². The van der Waals surface area contributed by atoms with E-state index in [0.717, 1.165) is 9.88 Å². The first-order valence-corrected chi connectivity index (χ1v) is 5.69.